The highest BCUT2D eigenvalue weighted by Crippen LogP contribution is 2.65. The molecule has 0 saturated heterocycles. The van der Waals surface area contributed by atoms with Crippen molar-refractivity contribution in [3.05, 3.63) is 41.0 Å². The van der Waals surface area contributed by atoms with E-state index in [1.807, 2.05) is 26.8 Å². The maximum absolute atomic E-state index is 12.8. The number of allylic oxidation sites excluding steroid dienone is 1. The van der Waals surface area contributed by atoms with Crippen molar-refractivity contribution in [1.29, 1.82) is 0 Å². The molecule has 4 nitrogen and oxygen atoms in total. The van der Waals surface area contributed by atoms with E-state index >= 15 is 0 Å². The predicted octanol–water partition coefficient (Wildman–Crippen LogP) is 2.76. The van der Waals surface area contributed by atoms with Crippen LogP contribution < -0.4 is 0 Å². The Kier molecular flexibility index (Phi) is 3.08. The molecule has 2 aliphatic rings. The van der Waals surface area contributed by atoms with Crippen LogP contribution in [0.3, 0.4) is 0 Å². The molecule has 2 fully saturated rings. The number of carbonyl (C=O) groups is 2. The van der Waals surface area contributed by atoms with Crippen LogP contribution in [0.1, 0.15) is 43.1 Å². The van der Waals surface area contributed by atoms with Crippen molar-refractivity contribution in [3.63, 3.8) is 0 Å². The minimum absolute atomic E-state index is 0.0172. The molecule has 2 saturated carbocycles. The van der Waals surface area contributed by atoms with Gasteiger partial charge in [-0.05, 0) is 48.4 Å². The number of aliphatic hydroxyl groups is 1. The van der Waals surface area contributed by atoms with Crippen LogP contribution in [0.4, 0.5) is 0 Å². The molecule has 1 aromatic carbocycles. The van der Waals surface area contributed by atoms with Crippen LogP contribution in [-0.2, 0) is 4.79 Å². The number of carbonyl (C=O) groups excluding carboxylic acids is 1. The summed E-state index contributed by atoms with van der Waals surface area (Å²) in [7, 11) is 0. The molecule has 2 aliphatic carbocycles. The lowest BCUT2D eigenvalue weighted by Crippen LogP contribution is -2.41. The van der Waals surface area contributed by atoms with Gasteiger partial charge in [0.15, 0.2) is 5.78 Å². The Labute approximate surface area is 129 Å². The highest BCUT2D eigenvalue weighted by molar-refractivity contribution is 6.08. The van der Waals surface area contributed by atoms with Gasteiger partial charge in [-0.15, -0.1) is 0 Å². The largest absolute Gasteiger partial charge is 0.478 e. The van der Waals surface area contributed by atoms with E-state index in [-0.39, 0.29) is 22.7 Å². The van der Waals surface area contributed by atoms with Gasteiger partial charge in [-0.3, -0.25) is 4.79 Å². The smallest absolute Gasteiger partial charge is 0.335 e. The SMILES string of the molecule is CC1(C)C2CC(O)C1(C)C(=O)C2=Cc1ccc(C(=O)O)cc1. The fourth-order valence-electron chi connectivity index (χ4n) is 4.03. The summed E-state index contributed by atoms with van der Waals surface area (Å²) in [6, 6.07) is 6.49. The number of Topliss-reactive ketones (excluding diaryl/α,β-unsaturated/α-hetero) is 1. The number of hydrogen-bond acceptors (Lipinski definition) is 3. The first-order chi connectivity index (χ1) is 10.2. The normalized spacial score (nSPS) is 34.4. The molecule has 116 valence electrons. The number of benzene rings is 1. The number of aliphatic hydroxyl groups excluding tert-OH is 1. The molecule has 3 rings (SSSR count). The Morgan fingerprint density at radius 2 is 1.82 bits per heavy atom. The van der Waals surface area contributed by atoms with E-state index in [1.165, 1.54) is 12.1 Å². The second-order valence-corrected chi connectivity index (χ2v) is 7.08. The molecule has 4 heteroatoms. The van der Waals surface area contributed by atoms with Crippen molar-refractivity contribution in [1.82, 2.24) is 0 Å². The van der Waals surface area contributed by atoms with Crippen LogP contribution in [0.25, 0.3) is 6.08 Å². The predicted molar refractivity (Wildman–Crippen MR) is 82.4 cm³/mol. The third-order valence-corrected chi connectivity index (χ3v) is 5.92. The summed E-state index contributed by atoms with van der Waals surface area (Å²) in [5.41, 5.74) is 0.792. The van der Waals surface area contributed by atoms with E-state index in [0.717, 1.165) is 11.1 Å². The Bertz CT molecular complexity index is 684. The molecular weight excluding hydrogens is 280 g/mol. The van der Waals surface area contributed by atoms with Gasteiger partial charge in [-0.1, -0.05) is 26.0 Å². The molecule has 0 radical (unpaired) electrons. The van der Waals surface area contributed by atoms with Gasteiger partial charge in [0.25, 0.3) is 0 Å². The summed E-state index contributed by atoms with van der Waals surface area (Å²) in [5, 5.41) is 19.2. The molecule has 0 aliphatic heterocycles. The van der Waals surface area contributed by atoms with Crippen molar-refractivity contribution in [3.8, 4) is 0 Å². The van der Waals surface area contributed by atoms with E-state index in [2.05, 4.69) is 0 Å². The van der Waals surface area contributed by atoms with Gasteiger partial charge in [0.05, 0.1) is 17.1 Å². The minimum atomic E-state index is -0.966. The highest BCUT2D eigenvalue weighted by Gasteiger charge is 2.68. The molecule has 22 heavy (non-hydrogen) atoms. The average molecular weight is 300 g/mol. The Morgan fingerprint density at radius 1 is 1.23 bits per heavy atom. The average Bonchev–Trinajstić information content (AvgIpc) is 2.72. The van der Waals surface area contributed by atoms with Crippen LogP contribution in [0.2, 0.25) is 0 Å². The Balaban J connectivity index is 2.00. The molecule has 1 aromatic rings. The summed E-state index contributed by atoms with van der Waals surface area (Å²) >= 11 is 0. The molecule has 0 amide bonds. The van der Waals surface area contributed by atoms with Crippen LogP contribution in [-0.4, -0.2) is 28.1 Å². The lowest BCUT2D eigenvalue weighted by atomic mass is 9.69. The van der Waals surface area contributed by atoms with Crippen LogP contribution in [0.15, 0.2) is 29.8 Å². The summed E-state index contributed by atoms with van der Waals surface area (Å²) in [6.45, 7) is 5.94. The van der Waals surface area contributed by atoms with Gasteiger partial charge in [0.2, 0.25) is 0 Å². The summed E-state index contributed by atoms with van der Waals surface area (Å²) in [4.78, 5) is 23.7. The summed E-state index contributed by atoms with van der Waals surface area (Å²) < 4.78 is 0. The van der Waals surface area contributed by atoms with Crippen molar-refractivity contribution in [2.45, 2.75) is 33.3 Å². The highest BCUT2D eigenvalue weighted by atomic mass is 16.4. The molecule has 2 N–H and O–H groups in total. The van der Waals surface area contributed by atoms with E-state index < -0.39 is 17.5 Å². The number of rotatable bonds is 2. The minimum Gasteiger partial charge on any atom is -0.478 e. The Hall–Kier alpha value is -1.94. The molecule has 3 atom stereocenters. The third kappa shape index (κ3) is 1.73. The molecule has 0 spiro atoms. The number of ketones is 1. The van der Waals surface area contributed by atoms with Gasteiger partial charge in [-0.25, -0.2) is 4.79 Å². The Morgan fingerprint density at radius 3 is 2.27 bits per heavy atom. The number of carboxylic acids is 1. The second kappa shape index (κ2) is 4.53. The maximum Gasteiger partial charge on any atom is 0.335 e. The zero-order valence-electron chi connectivity index (χ0n) is 13.0. The monoisotopic (exact) mass is 300 g/mol. The van der Waals surface area contributed by atoms with Gasteiger partial charge < -0.3 is 10.2 Å². The van der Waals surface area contributed by atoms with Crippen LogP contribution in [0, 0.1) is 16.7 Å². The van der Waals surface area contributed by atoms with Gasteiger partial charge in [-0.2, -0.15) is 0 Å². The maximum atomic E-state index is 12.8. The van der Waals surface area contributed by atoms with Gasteiger partial charge in [0, 0.05) is 5.57 Å². The second-order valence-electron chi connectivity index (χ2n) is 7.08. The van der Waals surface area contributed by atoms with E-state index in [4.69, 9.17) is 5.11 Å². The topological polar surface area (TPSA) is 74.6 Å². The quantitative estimate of drug-likeness (QED) is 0.824. The summed E-state index contributed by atoms with van der Waals surface area (Å²) in [5.74, 6) is -0.908. The van der Waals surface area contributed by atoms with E-state index in [1.54, 1.807) is 12.1 Å². The van der Waals surface area contributed by atoms with E-state index in [9.17, 15) is 14.7 Å². The first-order valence-corrected chi connectivity index (χ1v) is 7.47. The van der Waals surface area contributed by atoms with Crippen molar-refractivity contribution < 1.29 is 19.8 Å². The zero-order valence-corrected chi connectivity index (χ0v) is 13.0. The number of aromatic carboxylic acids is 1. The molecular formula is C18H20O4. The molecule has 2 bridgehead atoms. The zero-order chi connectivity index (χ0) is 16.3. The van der Waals surface area contributed by atoms with Crippen molar-refractivity contribution in [2.75, 3.05) is 0 Å². The molecule has 0 heterocycles. The number of hydrogen-bond donors (Lipinski definition) is 2. The fourth-order valence-corrected chi connectivity index (χ4v) is 4.03. The molecule has 0 aromatic heterocycles. The third-order valence-electron chi connectivity index (χ3n) is 5.92. The van der Waals surface area contributed by atoms with Gasteiger partial charge in [0.1, 0.15) is 0 Å². The van der Waals surface area contributed by atoms with Crippen LogP contribution in [0.5, 0.6) is 0 Å². The molecule has 3 unspecified atom stereocenters. The van der Waals surface area contributed by atoms with E-state index in [0.29, 0.717) is 6.42 Å². The van der Waals surface area contributed by atoms with Crippen molar-refractivity contribution in [2.24, 2.45) is 16.7 Å². The standard InChI is InChI=1S/C18H20O4/c1-17(2)13-9-14(19)18(17,3)15(20)12(13)8-10-4-6-11(7-5-10)16(21)22/h4-8,13-14,19H,9H2,1-3H3,(H,21,22). The number of fused-ring (bicyclic) bond motifs is 2. The van der Waals surface area contributed by atoms with Crippen molar-refractivity contribution >= 4 is 17.8 Å². The lowest BCUT2D eigenvalue weighted by Gasteiger charge is -2.34. The summed E-state index contributed by atoms with van der Waals surface area (Å²) in [6.07, 6.45) is 1.86. The first kappa shape index (κ1) is 15.0. The first-order valence-electron chi connectivity index (χ1n) is 7.47. The number of carboxylic acid groups (broad SMARTS) is 1. The van der Waals surface area contributed by atoms with Gasteiger partial charge >= 0.3 is 5.97 Å². The fraction of sp³-hybridized carbons (Fsp3) is 0.444. The van der Waals surface area contributed by atoms with Crippen LogP contribution >= 0.6 is 0 Å². The lowest BCUT2D eigenvalue weighted by molar-refractivity contribution is -0.132.